The van der Waals surface area contributed by atoms with Crippen LogP contribution in [-0.2, 0) is 21.9 Å². The van der Waals surface area contributed by atoms with E-state index in [0.29, 0.717) is 19.5 Å². The van der Waals surface area contributed by atoms with Gasteiger partial charge in [0, 0.05) is 16.9 Å². The van der Waals surface area contributed by atoms with Gasteiger partial charge in [-0.15, -0.1) is 11.3 Å². The van der Waals surface area contributed by atoms with Gasteiger partial charge >= 0.3 is 5.97 Å². The third-order valence-electron chi connectivity index (χ3n) is 4.20. The number of esters is 1. The molecular formula is C20H19F2IN2O4S. The highest BCUT2D eigenvalue weighted by Crippen LogP contribution is 2.43. The van der Waals surface area contributed by atoms with Gasteiger partial charge in [-0.2, -0.15) is 0 Å². The fourth-order valence-corrected chi connectivity index (χ4v) is 5.29. The van der Waals surface area contributed by atoms with E-state index in [1.54, 1.807) is 13.0 Å². The number of rotatable bonds is 8. The number of nitrogens with zero attached hydrogens (tertiary/aromatic N) is 2. The molecule has 0 amide bonds. The van der Waals surface area contributed by atoms with Crippen molar-refractivity contribution < 1.29 is 27.8 Å². The highest BCUT2D eigenvalue weighted by molar-refractivity contribution is 14.1. The summed E-state index contributed by atoms with van der Waals surface area (Å²) < 4.78 is 44.7. The molecule has 0 aliphatic carbocycles. The quantitative estimate of drug-likeness (QED) is 0.293. The standard InChI is InChI=1S/C20H19F2IN2O4S/c1-4-28-19(26)13(9-11-7-5-6-8-12(11)27-3)29-17-14-15(23)16(20(2,21)22)30-18(14)25-10-24-17/h5-8,10,13H,4,9H2,1-3H3/t13-/m1/s1. The molecule has 3 aromatic rings. The first-order valence-electron chi connectivity index (χ1n) is 9.02. The topological polar surface area (TPSA) is 70.5 Å². The lowest BCUT2D eigenvalue weighted by atomic mass is 10.1. The van der Waals surface area contributed by atoms with Gasteiger partial charge in [-0.25, -0.2) is 23.5 Å². The number of hydrogen-bond acceptors (Lipinski definition) is 7. The highest BCUT2D eigenvalue weighted by Gasteiger charge is 2.33. The number of alkyl halides is 2. The molecule has 160 valence electrons. The third kappa shape index (κ3) is 4.80. The first kappa shape index (κ1) is 22.6. The smallest absolute Gasteiger partial charge is 0.347 e. The number of carbonyl (C=O) groups is 1. The predicted molar refractivity (Wildman–Crippen MR) is 117 cm³/mol. The van der Waals surface area contributed by atoms with Gasteiger partial charge in [-0.1, -0.05) is 18.2 Å². The van der Waals surface area contributed by atoms with Gasteiger partial charge in [0.15, 0.2) is 0 Å². The molecule has 2 heterocycles. The van der Waals surface area contributed by atoms with Crippen molar-refractivity contribution in [3.05, 3.63) is 44.6 Å². The van der Waals surface area contributed by atoms with Crippen molar-refractivity contribution >= 4 is 50.1 Å². The highest BCUT2D eigenvalue weighted by atomic mass is 127. The molecule has 0 fully saturated rings. The number of methoxy groups -OCH3 is 1. The molecule has 0 aliphatic rings. The minimum Gasteiger partial charge on any atom is -0.496 e. The zero-order chi connectivity index (χ0) is 21.9. The molecule has 3 rings (SSSR count). The number of fused-ring (bicyclic) bond motifs is 1. The molecule has 1 aromatic carbocycles. The predicted octanol–water partition coefficient (Wildman–Crippen LogP) is 4.97. The fraction of sp³-hybridized carbons (Fsp3) is 0.350. The lowest BCUT2D eigenvalue weighted by molar-refractivity contribution is -0.151. The van der Waals surface area contributed by atoms with Crippen LogP contribution >= 0.6 is 33.9 Å². The molecule has 0 saturated carbocycles. The Balaban J connectivity index is 2.01. The van der Waals surface area contributed by atoms with Crippen LogP contribution in [0.2, 0.25) is 0 Å². The Bertz CT molecular complexity index is 1050. The molecule has 0 N–H and O–H groups in total. The summed E-state index contributed by atoms with van der Waals surface area (Å²) in [6.07, 6.45) is 0.347. The summed E-state index contributed by atoms with van der Waals surface area (Å²) in [5.41, 5.74) is 0.740. The minimum atomic E-state index is -3.03. The molecule has 6 nitrogen and oxygen atoms in total. The fourth-order valence-electron chi connectivity index (χ4n) is 2.86. The van der Waals surface area contributed by atoms with E-state index in [0.717, 1.165) is 23.8 Å². The van der Waals surface area contributed by atoms with Gasteiger partial charge in [-0.05, 0) is 41.1 Å². The first-order chi connectivity index (χ1) is 14.3. The molecule has 10 heteroatoms. The Labute approximate surface area is 189 Å². The molecule has 0 unspecified atom stereocenters. The Morgan fingerprint density at radius 1 is 1.30 bits per heavy atom. The summed E-state index contributed by atoms with van der Waals surface area (Å²) in [7, 11) is 1.53. The van der Waals surface area contributed by atoms with Crippen molar-refractivity contribution in [2.75, 3.05) is 13.7 Å². The maximum Gasteiger partial charge on any atom is 0.347 e. The van der Waals surface area contributed by atoms with Crippen molar-refractivity contribution in [2.24, 2.45) is 0 Å². The second-order valence-electron chi connectivity index (χ2n) is 6.37. The molecule has 0 bridgehead atoms. The molecule has 30 heavy (non-hydrogen) atoms. The molecule has 2 aromatic heterocycles. The summed E-state index contributed by atoms with van der Waals surface area (Å²) in [5.74, 6) is -2.95. The molecule has 1 atom stereocenters. The average Bonchev–Trinajstić information content (AvgIpc) is 3.06. The van der Waals surface area contributed by atoms with Crippen LogP contribution in [0.5, 0.6) is 11.6 Å². The Morgan fingerprint density at radius 3 is 2.70 bits per heavy atom. The van der Waals surface area contributed by atoms with E-state index in [9.17, 15) is 13.6 Å². The zero-order valence-electron chi connectivity index (χ0n) is 16.4. The summed E-state index contributed by atoms with van der Waals surface area (Å²) in [6, 6.07) is 7.23. The number of ether oxygens (including phenoxy) is 3. The van der Waals surface area contributed by atoms with Crippen LogP contribution in [0.1, 0.15) is 24.3 Å². The Morgan fingerprint density at radius 2 is 2.03 bits per heavy atom. The number of halogens is 3. The lowest BCUT2D eigenvalue weighted by Gasteiger charge is -2.19. The van der Waals surface area contributed by atoms with Crippen LogP contribution in [0.25, 0.3) is 10.2 Å². The Kier molecular flexibility index (Phi) is 7.06. The summed E-state index contributed by atoms with van der Waals surface area (Å²) in [4.78, 5) is 21.0. The van der Waals surface area contributed by atoms with Crippen LogP contribution in [0, 0.1) is 3.57 Å². The van der Waals surface area contributed by atoms with E-state index >= 15 is 0 Å². The van der Waals surface area contributed by atoms with E-state index < -0.39 is 18.0 Å². The lowest BCUT2D eigenvalue weighted by Crippen LogP contribution is -2.32. The molecule has 0 saturated heterocycles. The van der Waals surface area contributed by atoms with Gasteiger partial charge in [0.05, 0.1) is 24.0 Å². The first-order valence-corrected chi connectivity index (χ1v) is 10.9. The van der Waals surface area contributed by atoms with Crippen molar-refractivity contribution in [3.63, 3.8) is 0 Å². The van der Waals surface area contributed by atoms with Gasteiger partial charge < -0.3 is 14.2 Å². The van der Waals surface area contributed by atoms with Gasteiger partial charge in [0.2, 0.25) is 12.0 Å². The second kappa shape index (κ2) is 9.38. The van der Waals surface area contributed by atoms with Gasteiger partial charge in [-0.3, -0.25) is 0 Å². The number of para-hydroxylation sites is 1. The maximum atomic E-state index is 14.0. The zero-order valence-corrected chi connectivity index (χ0v) is 19.4. The Hall–Kier alpha value is -2.08. The van der Waals surface area contributed by atoms with Crippen molar-refractivity contribution in [1.82, 2.24) is 9.97 Å². The van der Waals surface area contributed by atoms with E-state index in [1.807, 2.05) is 40.8 Å². The van der Waals surface area contributed by atoms with Crippen LogP contribution in [0.4, 0.5) is 8.78 Å². The molecule has 0 spiro atoms. The van der Waals surface area contributed by atoms with Gasteiger partial charge in [0.25, 0.3) is 5.92 Å². The largest absolute Gasteiger partial charge is 0.496 e. The molecule has 0 radical (unpaired) electrons. The summed E-state index contributed by atoms with van der Waals surface area (Å²) in [6.45, 7) is 2.70. The maximum absolute atomic E-state index is 14.0. The average molecular weight is 548 g/mol. The van der Waals surface area contributed by atoms with E-state index in [-0.39, 0.29) is 23.8 Å². The van der Waals surface area contributed by atoms with E-state index in [2.05, 4.69) is 9.97 Å². The van der Waals surface area contributed by atoms with Crippen molar-refractivity contribution in [2.45, 2.75) is 32.3 Å². The number of carbonyl (C=O) groups excluding carboxylic acids is 1. The van der Waals surface area contributed by atoms with Crippen LogP contribution in [0.3, 0.4) is 0 Å². The number of aromatic nitrogens is 2. The summed E-state index contributed by atoms with van der Waals surface area (Å²) in [5, 5.41) is 0.356. The van der Waals surface area contributed by atoms with Crippen LogP contribution in [-0.4, -0.2) is 35.8 Å². The monoisotopic (exact) mass is 548 g/mol. The van der Waals surface area contributed by atoms with E-state index in [1.165, 1.54) is 13.4 Å². The number of thiophene rings is 1. The SMILES string of the molecule is CCOC(=O)[C@@H](Cc1ccccc1OC)Oc1ncnc2sc(C(C)(F)F)c(I)c12. The normalized spacial score (nSPS) is 12.6. The minimum absolute atomic E-state index is 0.0594. The van der Waals surface area contributed by atoms with Crippen LogP contribution < -0.4 is 9.47 Å². The molecular weight excluding hydrogens is 529 g/mol. The van der Waals surface area contributed by atoms with Crippen molar-refractivity contribution in [1.29, 1.82) is 0 Å². The van der Waals surface area contributed by atoms with E-state index in [4.69, 9.17) is 14.2 Å². The van der Waals surface area contributed by atoms with Crippen LogP contribution in [0.15, 0.2) is 30.6 Å². The second-order valence-corrected chi connectivity index (χ2v) is 8.44. The third-order valence-corrected chi connectivity index (χ3v) is 6.91. The molecule has 0 aliphatic heterocycles. The van der Waals surface area contributed by atoms with Gasteiger partial charge in [0.1, 0.15) is 16.9 Å². The number of benzene rings is 1. The number of hydrogen-bond donors (Lipinski definition) is 0. The van der Waals surface area contributed by atoms with Crippen molar-refractivity contribution in [3.8, 4) is 11.6 Å². The summed E-state index contributed by atoms with van der Waals surface area (Å²) >= 11 is 2.71.